The molecule has 3 heteroatoms. The molecular weight excluding hydrogens is 162 g/mol. The van der Waals surface area contributed by atoms with E-state index >= 15 is 0 Å². The van der Waals surface area contributed by atoms with Gasteiger partial charge in [-0.15, -0.1) is 0 Å². The van der Waals surface area contributed by atoms with E-state index in [4.69, 9.17) is 0 Å². The van der Waals surface area contributed by atoms with Crippen LogP contribution in [-0.2, 0) is 0 Å². The zero-order valence-electron chi connectivity index (χ0n) is 8.71. The summed E-state index contributed by atoms with van der Waals surface area (Å²) < 4.78 is 0. The third kappa shape index (κ3) is 4.39. The van der Waals surface area contributed by atoms with E-state index in [0.29, 0.717) is 0 Å². The van der Waals surface area contributed by atoms with Gasteiger partial charge in [0.15, 0.2) is 0 Å². The fraction of sp³-hybridized carbons (Fsp3) is 0.900. The van der Waals surface area contributed by atoms with E-state index in [2.05, 4.69) is 28.6 Å². The van der Waals surface area contributed by atoms with Crippen LogP contribution in [-0.4, -0.2) is 62.8 Å². The van der Waals surface area contributed by atoms with Crippen molar-refractivity contribution in [2.75, 3.05) is 46.3 Å². The van der Waals surface area contributed by atoms with Crippen molar-refractivity contribution in [3.05, 3.63) is 0 Å². The standard InChI is InChI=1S/C10H21N3/c1-11-5-8-12(2)9-10-13-6-3-4-7-13/h1,3-10H2,2H3. The maximum Gasteiger partial charge on any atom is 0.0509 e. The van der Waals surface area contributed by atoms with Crippen molar-refractivity contribution in [3.8, 4) is 0 Å². The largest absolute Gasteiger partial charge is 0.303 e. The molecule has 0 aromatic carbocycles. The van der Waals surface area contributed by atoms with Crippen LogP contribution in [0.5, 0.6) is 0 Å². The third-order valence-corrected chi connectivity index (χ3v) is 2.64. The van der Waals surface area contributed by atoms with Gasteiger partial charge in [0.25, 0.3) is 0 Å². The Morgan fingerprint density at radius 1 is 1.31 bits per heavy atom. The lowest BCUT2D eigenvalue weighted by Crippen LogP contribution is -2.32. The van der Waals surface area contributed by atoms with Gasteiger partial charge >= 0.3 is 0 Å². The Hall–Kier alpha value is -0.410. The molecule has 13 heavy (non-hydrogen) atoms. The van der Waals surface area contributed by atoms with E-state index in [0.717, 1.165) is 19.6 Å². The molecule has 0 atom stereocenters. The van der Waals surface area contributed by atoms with E-state index in [1.54, 1.807) is 0 Å². The van der Waals surface area contributed by atoms with Crippen LogP contribution in [0.1, 0.15) is 12.8 Å². The Morgan fingerprint density at radius 3 is 2.62 bits per heavy atom. The molecule has 3 nitrogen and oxygen atoms in total. The molecule has 1 saturated heterocycles. The van der Waals surface area contributed by atoms with Crippen molar-refractivity contribution >= 4 is 6.72 Å². The number of hydrogen-bond acceptors (Lipinski definition) is 3. The summed E-state index contributed by atoms with van der Waals surface area (Å²) in [5.74, 6) is 0. The monoisotopic (exact) mass is 183 g/mol. The fourth-order valence-corrected chi connectivity index (χ4v) is 1.67. The lowest BCUT2D eigenvalue weighted by Gasteiger charge is -2.20. The second kappa shape index (κ2) is 6.11. The molecule has 0 aromatic heterocycles. The molecule has 1 rings (SSSR count). The van der Waals surface area contributed by atoms with Crippen LogP contribution in [0.15, 0.2) is 4.99 Å². The molecule has 0 saturated carbocycles. The van der Waals surface area contributed by atoms with Crippen molar-refractivity contribution in [1.82, 2.24) is 9.80 Å². The van der Waals surface area contributed by atoms with Crippen LogP contribution in [0.3, 0.4) is 0 Å². The molecule has 76 valence electrons. The van der Waals surface area contributed by atoms with Crippen LogP contribution in [0.25, 0.3) is 0 Å². The van der Waals surface area contributed by atoms with Crippen molar-refractivity contribution in [2.45, 2.75) is 12.8 Å². The summed E-state index contributed by atoms with van der Waals surface area (Å²) >= 11 is 0. The predicted octanol–water partition coefficient (Wildman–Crippen LogP) is 0.715. The molecule has 1 aliphatic heterocycles. The van der Waals surface area contributed by atoms with Crippen LogP contribution >= 0.6 is 0 Å². The fourth-order valence-electron chi connectivity index (χ4n) is 1.67. The van der Waals surface area contributed by atoms with Gasteiger partial charge in [-0.25, -0.2) is 0 Å². The average molecular weight is 183 g/mol. The average Bonchev–Trinajstić information content (AvgIpc) is 2.64. The first-order valence-electron chi connectivity index (χ1n) is 5.16. The molecule has 0 radical (unpaired) electrons. The summed E-state index contributed by atoms with van der Waals surface area (Å²) in [6, 6.07) is 0. The van der Waals surface area contributed by atoms with Gasteiger partial charge in [-0.05, 0) is 39.7 Å². The van der Waals surface area contributed by atoms with E-state index in [-0.39, 0.29) is 0 Å². The van der Waals surface area contributed by atoms with Crippen LogP contribution in [0.4, 0.5) is 0 Å². The topological polar surface area (TPSA) is 18.8 Å². The molecule has 0 amide bonds. The van der Waals surface area contributed by atoms with Crippen LogP contribution in [0.2, 0.25) is 0 Å². The van der Waals surface area contributed by atoms with E-state index in [9.17, 15) is 0 Å². The number of hydrogen-bond donors (Lipinski definition) is 0. The minimum atomic E-state index is 0.858. The van der Waals surface area contributed by atoms with Gasteiger partial charge in [-0.2, -0.15) is 0 Å². The van der Waals surface area contributed by atoms with Crippen LogP contribution < -0.4 is 0 Å². The summed E-state index contributed by atoms with van der Waals surface area (Å²) in [5, 5.41) is 0. The maximum absolute atomic E-state index is 3.85. The highest BCUT2D eigenvalue weighted by atomic mass is 15.2. The number of aliphatic imine (C=N–C) groups is 1. The molecule has 1 heterocycles. The Bertz CT molecular complexity index is 141. The van der Waals surface area contributed by atoms with E-state index in [1.165, 1.54) is 32.5 Å². The summed E-state index contributed by atoms with van der Waals surface area (Å²) in [5.41, 5.74) is 0. The van der Waals surface area contributed by atoms with Crippen molar-refractivity contribution < 1.29 is 0 Å². The zero-order chi connectivity index (χ0) is 9.52. The molecule has 1 aliphatic rings. The second-order valence-corrected chi connectivity index (χ2v) is 3.80. The molecule has 1 fully saturated rings. The minimum absolute atomic E-state index is 0.858. The van der Waals surface area contributed by atoms with Gasteiger partial charge < -0.3 is 9.80 Å². The molecule has 0 spiro atoms. The van der Waals surface area contributed by atoms with Crippen LogP contribution in [0, 0.1) is 0 Å². The SMILES string of the molecule is C=NCCN(C)CCN1CCCC1. The summed E-state index contributed by atoms with van der Waals surface area (Å²) in [4.78, 5) is 8.72. The molecule has 0 bridgehead atoms. The zero-order valence-corrected chi connectivity index (χ0v) is 8.71. The molecule has 0 aromatic rings. The molecule has 0 unspecified atom stereocenters. The Morgan fingerprint density at radius 2 is 2.00 bits per heavy atom. The Kier molecular flexibility index (Phi) is 5.01. The lowest BCUT2D eigenvalue weighted by atomic mass is 10.4. The number of rotatable bonds is 6. The van der Waals surface area contributed by atoms with Gasteiger partial charge in [0, 0.05) is 19.6 Å². The summed E-state index contributed by atoms with van der Waals surface area (Å²) in [6.07, 6.45) is 2.77. The third-order valence-electron chi connectivity index (χ3n) is 2.64. The smallest absolute Gasteiger partial charge is 0.0509 e. The minimum Gasteiger partial charge on any atom is -0.303 e. The van der Waals surface area contributed by atoms with Crippen molar-refractivity contribution in [1.29, 1.82) is 0 Å². The first kappa shape index (κ1) is 10.7. The molecule has 0 aliphatic carbocycles. The highest BCUT2D eigenvalue weighted by Crippen LogP contribution is 2.06. The summed E-state index contributed by atoms with van der Waals surface area (Å²) in [7, 11) is 2.15. The Balaban J connectivity index is 1.99. The number of likely N-dealkylation sites (N-methyl/N-ethyl adjacent to an activating group) is 1. The van der Waals surface area contributed by atoms with Gasteiger partial charge in [0.1, 0.15) is 0 Å². The normalized spacial score (nSPS) is 18.3. The van der Waals surface area contributed by atoms with Gasteiger partial charge in [0.2, 0.25) is 0 Å². The highest BCUT2D eigenvalue weighted by Gasteiger charge is 2.11. The first-order valence-corrected chi connectivity index (χ1v) is 5.16. The van der Waals surface area contributed by atoms with E-state index in [1.807, 2.05) is 0 Å². The summed E-state index contributed by atoms with van der Waals surface area (Å²) in [6.45, 7) is 10.4. The van der Waals surface area contributed by atoms with Gasteiger partial charge in [-0.3, -0.25) is 4.99 Å². The van der Waals surface area contributed by atoms with Gasteiger partial charge in [0.05, 0.1) is 6.54 Å². The van der Waals surface area contributed by atoms with Gasteiger partial charge in [-0.1, -0.05) is 0 Å². The lowest BCUT2D eigenvalue weighted by molar-refractivity contribution is 0.261. The predicted molar refractivity (Wildman–Crippen MR) is 57.6 cm³/mol. The highest BCUT2D eigenvalue weighted by molar-refractivity contribution is 5.23. The Labute approximate surface area is 81.4 Å². The van der Waals surface area contributed by atoms with Crippen molar-refractivity contribution in [3.63, 3.8) is 0 Å². The molecule has 0 N–H and O–H groups in total. The first-order chi connectivity index (χ1) is 6.33. The number of nitrogens with zero attached hydrogens (tertiary/aromatic N) is 3. The molecular formula is C10H21N3. The van der Waals surface area contributed by atoms with Crippen molar-refractivity contribution in [2.24, 2.45) is 4.99 Å². The quantitative estimate of drug-likeness (QED) is 0.565. The second-order valence-electron chi connectivity index (χ2n) is 3.80. The van der Waals surface area contributed by atoms with E-state index < -0.39 is 0 Å². The maximum atomic E-state index is 3.85. The number of likely N-dealkylation sites (tertiary alicyclic amines) is 1.